The van der Waals surface area contributed by atoms with Crippen molar-refractivity contribution in [2.75, 3.05) is 19.8 Å². The highest BCUT2D eigenvalue weighted by atomic mass is 28.2. The molecule has 0 fully saturated rings. The van der Waals surface area contributed by atoms with E-state index in [2.05, 4.69) is 24.3 Å². The number of hydrogen-bond donors (Lipinski definition) is 0. The van der Waals surface area contributed by atoms with Gasteiger partial charge < -0.3 is 14.2 Å². The van der Waals surface area contributed by atoms with E-state index >= 15 is 0 Å². The summed E-state index contributed by atoms with van der Waals surface area (Å²) < 4.78 is 17.0. The highest BCUT2D eigenvalue weighted by Crippen LogP contribution is 2.35. The summed E-state index contributed by atoms with van der Waals surface area (Å²) in [5, 5.41) is 0.871. The smallest absolute Gasteiger partial charge is 0.312 e. The molecule has 0 amide bonds. The largest absolute Gasteiger partial charge is 0.497 e. The fourth-order valence-corrected chi connectivity index (χ4v) is 3.85. The third-order valence-electron chi connectivity index (χ3n) is 3.18. The van der Waals surface area contributed by atoms with Gasteiger partial charge in [0.1, 0.15) is 5.38 Å². The summed E-state index contributed by atoms with van der Waals surface area (Å²) in [4.78, 5) is 0. The maximum atomic E-state index is 5.77. The molecular formula is C16H22O3Si. The molecule has 20 heavy (non-hydrogen) atoms. The normalized spacial score (nSPS) is 15.8. The van der Waals surface area contributed by atoms with Crippen LogP contribution in [0.1, 0.15) is 37.4 Å². The Labute approximate surface area is 123 Å². The predicted molar refractivity (Wildman–Crippen MR) is 80.5 cm³/mol. The number of hydrogen-bond acceptors (Lipinski definition) is 3. The monoisotopic (exact) mass is 290 g/mol. The molecule has 0 aromatic heterocycles. The van der Waals surface area contributed by atoms with Crippen molar-refractivity contribution >= 4 is 9.52 Å². The Hall–Kier alpha value is -1.42. The number of fused-ring (bicyclic) bond motifs is 1. The van der Waals surface area contributed by atoms with Gasteiger partial charge in [-0.3, -0.25) is 0 Å². The quantitative estimate of drug-likeness (QED) is 0.543. The fraction of sp³-hybridized carbons (Fsp3) is 0.500. The van der Waals surface area contributed by atoms with Gasteiger partial charge in [0.2, 0.25) is 0 Å². The van der Waals surface area contributed by atoms with E-state index in [0.717, 1.165) is 11.8 Å². The zero-order valence-electron chi connectivity index (χ0n) is 12.4. The number of ether oxygens (including phenoxy) is 3. The van der Waals surface area contributed by atoms with Crippen LogP contribution in [-0.4, -0.2) is 29.3 Å². The molecule has 1 aliphatic rings. The molecule has 1 aliphatic carbocycles. The van der Waals surface area contributed by atoms with Gasteiger partial charge in [-0.15, -0.1) is 0 Å². The lowest BCUT2D eigenvalue weighted by atomic mass is 9.88. The van der Waals surface area contributed by atoms with Crippen LogP contribution in [-0.2, 0) is 20.6 Å². The Morgan fingerprint density at radius 1 is 1.05 bits per heavy atom. The Balaban J connectivity index is 2.11. The summed E-state index contributed by atoms with van der Waals surface area (Å²) >= 11 is 0. The van der Waals surface area contributed by atoms with Crippen LogP contribution < -0.4 is 0 Å². The van der Waals surface area contributed by atoms with Crippen LogP contribution in [0.15, 0.2) is 35.6 Å². The maximum absolute atomic E-state index is 5.77. The first-order chi connectivity index (χ1) is 9.80. The van der Waals surface area contributed by atoms with Crippen LogP contribution >= 0.6 is 0 Å². The second-order valence-electron chi connectivity index (χ2n) is 4.52. The maximum Gasteiger partial charge on any atom is 0.312 e. The molecule has 1 unspecified atom stereocenters. The van der Waals surface area contributed by atoms with Crippen molar-refractivity contribution in [3.8, 4) is 0 Å². The van der Waals surface area contributed by atoms with E-state index < -0.39 is 0 Å². The van der Waals surface area contributed by atoms with Crippen molar-refractivity contribution in [3.63, 3.8) is 0 Å². The summed E-state index contributed by atoms with van der Waals surface area (Å²) in [5.41, 5.74) is 3.44. The van der Waals surface area contributed by atoms with Gasteiger partial charge in [-0.1, -0.05) is 24.3 Å². The highest BCUT2D eigenvalue weighted by molar-refractivity contribution is 6.47. The van der Waals surface area contributed by atoms with E-state index in [4.69, 9.17) is 14.2 Å². The van der Waals surface area contributed by atoms with Gasteiger partial charge in [0.25, 0.3) is 0 Å². The lowest BCUT2D eigenvalue weighted by Crippen LogP contribution is -2.26. The second-order valence-corrected chi connectivity index (χ2v) is 5.96. The molecule has 2 radical (unpaired) electrons. The van der Waals surface area contributed by atoms with Crippen LogP contribution in [0, 0.1) is 0 Å². The first-order valence-electron chi connectivity index (χ1n) is 7.27. The molecule has 0 spiro atoms. The van der Waals surface area contributed by atoms with Gasteiger partial charge in [0, 0.05) is 0 Å². The molecular weight excluding hydrogens is 268 g/mol. The lowest BCUT2D eigenvalue weighted by Gasteiger charge is -2.30. The standard InChI is InChI=1S/C16H22O3Si/c1-4-17-15(18-5-2)16(19-6-3)20-14-11-12-9-7-8-10-13(12)14/h7-10,14H,4-6,11H2,1-3H3. The molecule has 1 atom stereocenters. The van der Waals surface area contributed by atoms with Crippen LogP contribution in [0.25, 0.3) is 0 Å². The van der Waals surface area contributed by atoms with Crippen LogP contribution in [0.5, 0.6) is 0 Å². The van der Waals surface area contributed by atoms with E-state index in [0.29, 0.717) is 40.8 Å². The fourth-order valence-electron chi connectivity index (χ4n) is 2.28. The van der Waals surface area contributed by atoms with Gasteiger partial charge >= 0.3 is 5.95 Å². The molecule has 0 saturated heterocycles. The minimum atomic E-state index is 0.545. The van der Waals surface area contributed by atoms with E-state index in [1.807, 2.05) is 20.8 Å². The summed E-state index contributed by atoms with van der Waals surface area (Å²) in [7, 11) is 0.565. The number of rotatable bonds is 8. The molecule has 0 aliphatic heterocycles. The zero-order valence-corrected chi connectivity index (χ0v) is 13.4. The van der Waals surface area contributed by atoms with Gasteiger partial charge in [0.15, 0.2) is 9.52 Å². The lowest BCUT2D eigenvalue weighted by molar-refractivity contribution is 0.0283. The minimum absolute atomic E-state index is 0.545. The minimum Gasteiger partial charge on any atom is -0.497 e. The summed E-state index contributed by atoms with van der Waals surface area (Å²) in [6.07, 6.45) is 1.12. The molecule has 3 nitrogen and oxygen atoms in total. The summed E-state index contributed by atoms with van der Waals surface area (Å²) in [6.45, 7) is 7.75. The average molecular weight is 290 g/mol. The van der Waals surface area contributed by atoms with Crippen molar-refractivity contribution in [1.29, 1.82) is 0 Å². The third-order valence-corrected chi connectivity index (χ3v) is 4.66. The Kier molecular flexibility index (Phi) is 5.53. The van der Waals surface area contributed by atoms with Crippen molar-refractivity contribution < 1.29 is 14.2 Å². The second kappa shape index (κ2) is 7.38. The first kappa shape index (κ1) is 15.0. The Morgan fingerprint density at radius 2 is 1.70 bits per heavy atom. The molecule has 0 N–H and O–H groups in total. The zero-order chi connectivity index (χ0) is 14.4. The SMILES string of the molecule is CCOC(OCC)=C(OCC)[Si]C1Cc2ccccc21. The Morgan fingerprint density at radius 3 is 2.30 bits per heavy atom. The van der Waals surface area contributed by atoms with Crippen molar-refractivity contribution in [2.24, 2.45) is 0 Å². The van der Waals surface area contributed by atoms with Crippen molar-refractivity contribution in [3.05, 3.63) is 46.7 Å². The Bertz CT molecular complexity index is 463. The van der Waals surface area contributed by atoms with Crippen LogP contribution in [0.3, 0.4) is 0 Å². The van der Waals surface area contributed by atoms with Crippen LogP contribution in [0.2, 0.25) is 0 Å². The van der Waals surface area contributed by atoms with Gasteiger partial charge in [-0.25, -0.2) is 0 Å². The van der Waals surface area contributed by atoms with Gasteiger partial charge in [-0.2, -0.15) is 0 Å². The van der Waals surface area contributed by atoms with E-state index in [9.17, 15) is 0 Å². The summed E-state index contributed by atoms with van der Waals surface area (Å²) in [6, 6.07) is 8.61. The van der Waals surface area contributed by atoms with Gasteiger partial charge in [-0.05, 0) is 43.9 Å². The topological polar surface area (TPSA) is 27.7 Å². The predicted octanol–water partition coefficient (Wildman–Crippen LogP) is 3.22. The van der Waals surface area contributed by atoms with E-state index in [1.165, 1.54) is 11.1 Å². The molecule has 1 aromatic rings. The molecule has 0 heterocycles. The molecule has 4 heteroatoms. The van der Waals surface area contributed by atoms with Crippen LogP contribution in [0.4, 0.5) is 0 Å². The molecule has 2 rings (SSSR count). The van der Waals surface area contributed by atoms with Crippen molar-refractivity contribution in [1.82, 2.24) is 0 Å². The molecule has 1 aromatic carbocycles. The van der Waals surface area contributed by atoms with Gasteiger partial charge in [0.05, 0.1) is 19.8 Å². The third kappa shape index (κ3) is 3.36. The molecule has 0 bridgehead atoms. The molecule has 0 saturated carbocycles. The van der Waals surface area contributed by atoms with E-state index in [1.54, 1.807) is 0 Å². The molecule has 108 valence electrons. The number of benzene rings is 1. The highest BCUT2D eigenvalue weighted by Gasteiger charge is 2.29. The average Bonchev–Trinajstić information content (AvgIpc) is 2.43. The van der Waals surface area contributed by atoms with E-state index in [-0.39, 0.29) is 0 Å². The van der Waals surface area contributed by atoms with Crippen molar-refractivity contribution in [2.45, 2.75) is 32.7 Å². The first-order valence-corrected chi connectivity index (χ1v) is 8.34. The summed E-state index contributed by atoms with van der Waals surface area (Å²) in [5.74, 6) is 0.569.